The quantitative estimate of drug-likeness (QED) is 0.761. The van der Waals surface area contributed by atoms with E-state index < -0.39 is 11.4 Å². The zero-order valence-electron chi connectivity index (χ0n) is 12.9. The number of hydrogen-bond acceptors (Lipinski definition) is 4. The van der Waals surface area contributed by atoms with Crippen LogP contribution in [0.3, 0.4) is 0 Å². The van der Waals surface area contributed by atoms with Crippen molar-refractivity contribution in [2.75, 3.05) is 13.1 Å². The average molecular weight is 296 g/mol. The highest BCUT2D eigenvalue weighted by Crippen LogP contribution is 2.17. The minimum atomic E-state index is -1.00. The average Bonchev–Trinajstić information content (AvgIpc) is 2.40. The first-order valence-electron chi connectivity index (χ1n) is 7.27. The summed E-state index contributed by atoms with van der Waals surface area (Å²) in [6, 6.07) is 1.27. The first kappa shape index (κ1) is 17.2. The zero-order valence-corrected chi connectivity index (χ0v) is 12.9. The third kappa shape index (κ3) is 4.60. The fraction of sp³-hybridized carbons (Fsp3) is 0.600. The molecule has 0 aliphatic rings. The van der Waals surface area contributed by atoms with Crippen molar-refractivity contribution < 1.29 is 15.0 Å². The first-order chi connectivity index (χ1) is 9.90. The molecule has 0 amide bonds. The number of carboxylic acid groups (broad SMARTS) is 1. The van der Waals surface area contributed by atoms with E-state index in [0.29, 0.717) is 17.9 Å². The Morgan fingerprint density at radius 3 is 2.33 bits per heavy atom. The van der Waals surface area contributed by atoms with Gasteiger partial charge in [0, 0.05) is 18.3 Å². The molecular formula is C15H24N2O4. The fourth-order valence-corrected chi connectivity index (χ4v) is 2.45. The van der Waals surface area contributed by atoms with Gasteiger partial charge in [0.1, 0.15) is 6.54 Å². The van der Waals surface area contributed by atoms with Crippen molar-refractivity contribution in [3.63, 3.8) is 0 Å². The molecule has 0 aliphatic carbocycles. The Labute approximate surface area is 124 Å². The number of aromatic hydroxyl groups is 1. The van der Waals surface area contributed by atoms with E-state index in [9.17, 15) is 14.7 Å². The van der Waals surface area contributed by atoms with Gasteiger partial charge in [0.05, 0.1) is 5.69 Å². The minimum absolute atomic E-state index is 0.263. The second-order valence-corrected chi connectivity index (χ2v) is 5.20. The summed E-state index contributed by atoms with van der Waals surface area (Å²) < 4.78 is 1.50. The van der Waals surface area contributed by atoms with Crippen molar-refractivity contribution in [3.05, 3.63) is 27.7 Å². The van der Waals surface area contributed by atoms with Gasteiger partial charge in [-0.25, -0.2) is 0 Å². The molecule has 2 N–H and O–H groups in total. The Morgan fingerprint density at radius 1 is 1.29 bits per heavy atom. The number of nitrogens with zero attached hydrogens (tertiary/aromatic N) is 2. The summed E-state index contributed by atoms with van der Waals surface area (Å²) in [6.45, 7) is 7.58. The summed E-state index contributed by atoms with van der Waals surface area (Å²) in [5, 5.41) is 19.1. The number of hydrogen-bond donors (Lipinski definition) is 2. The maximum Gasteiger partial charge on any atom is 0.323 e. The molecule has 1 rings (SSSR count). The highest BCUT2D eigenvalue weighted by atomic mass is 16.4. The van der Waals surface area contributed by atoms with Crippen LogP contribution in [-0.4, -0.2) is 38.7 Å². The number of aromatic nitrogens is 1. The van der Waals surface area contributed by atoms with Gasteiger partial charge in [-0.3, -0.25) is 14.5 Å². The SMILES string of the molecule is CCCN(CCC)Cc1c(O)c(=O)cc(C)n1CC(=O)O. The van der Waals surface area contributed by atoms with E-state index in [2.05, 4.69) is 18.7 Å². The lowest BCUT2D eigenvalue weighted by molar-refractivity contribution is -0.137. The van der Waals surface area contributed by atoms with Gasteiger partial charge in [0.15, 0.2) is 5.75 Å². The Kier molecular flexibility index (Phi) is 6.42. The summed E-state index contributed by atoms with van der Waals surface area (Å²) in [7, 11) is 0. The summed E-state index contributed by atoms with van der Waals surface area (Å²) in [6.07, 6.45) is 1.91. The largest absolute Gasteiger partial charge is 0.503 e. The second-order valence-electron chi connectivity index (χ2n) is 5.20. The molecule has 1 heterocycles. The summed E-state index contributed by atoms with van der Waals surface area (Å²) in [4.78, 5) is 24.9. The Bertz CT molecular complexity index is 545. The molecule has 0 spiro atoms. The van der Waals surface area contributed by atoms with E-state index in [1.165, 1.54) is 10.6 Å². The van der Waals surface area contributed by atoms with Crippen LogP contribution in [0, 0.1) is 6.92 Å². The molecule has 6 nitrogen and oxygen atoms in total. The summed E-state index contributed by atoms with van der Waals surface area (Å²) in [5.74, 6) is -1.35. The van der Waals surface area contributed by atoms with Crippen LogP contribution in [0.25, 0.3) is 0 Å². The lowest BCUT2D eigenvalue weighted by Gasteiger charge is -2.24. The van der Waals surface area contributed by atoms with Crippen LogP contribution in [0.5, 0.6) is 5.75 Å². The van der Waals surface area contributed by atoms with Crippen LogP contribution in [0.2, 0.25) is 0 Å². The van der Waals surface area contributed by atoms with Gasteiger partial charge in [0.2, 0.25) is 5.43 Å². The predicted octanol–water partition coefficient (Wildman–Crippen LogP) is 1.57. The number of rotatable bonds is 8. The van der Waals surface area contributed by atoms with E-state index in [4.69, 9.17) is 5.11 Å². The predicted molar refractivity (Wildman–Crippen MR) is 80.6 cm³/mol. The van der Waals surface area contributed by atoms with Crippen molar-refractivity contribution in [2.24, 2.45) is 0 Å². The molecule has 0 unspecified atom stereocenters. The third-order valence-corrected chi connectivity index (χ3v) is 3.34. The molecule has 0 saturated carbocycles. The molecule has 1 aromatic heterocycles. The van der Waals surface area contributed by atoms with E-state index in [1.54, 1.807) is 6.92 Å². The van der Waals surface area contributed by atoms with E-state index in [-0.39, 0.29) is 12.3 Å². The maximum atomic E-state index is 11.8. The molecule has 6 heteroatoms. The Balaban J connectivity index is 3.23. The Morgan fingerprint density at radius 2 is 1.86 bits per heavy atom. The van der Waals surface area contributed by atoms with Crippen molar-refractivity contribution in [1.82, 2.24) is 9.47 Å². The highest BCUT2D eigenvalue weighted by Gasteiger charge is 2.17. The zero-order chi connectivity index (χ0) is 16.0. The smallest absolute Gasteiger partial charge is 0.323 e. The molecule has 1 aromatic rings. The molecule has 21 heavy (non-hydrogen) atoms. The van der Waals surface area contributed by atoms with Gasteiger partial charge < -0.3 is 14.8 Å². The maximum absolute atomic E-state index is 11.8. The van der Waals surface area contributed by atoms with Crippen LogP contribution in [0.1, 0.15) is 38.1 Å². The number of aliphatic carboxylic acids is 1. The van der Waals surface area contributed by atoms with Gasteiger partial charge in [-0.1, -0.05) is 13.8 Å². The van der Waals surface area contributed by atoms with Crippen molar-refractivity contribution in [3.8, 4) is 5.75 Å². The van der Waals surface area contributed by atoms with Crippen molar-refractivity contribution in [1.29, 1.82) is 0 Å². The van der Waals surface area contributed by atoms with Crippen LogP contribution in [-0.2, 0) is 17.9 Å². The van der Waals surface area contributed by atoms with Gasteiger partial charge in [-0.05, 0) is 32.9 Å². The van der Waals surface area contributed by atoms with Crippen LogP contribution in [0.15, 0.2) is 10.9 Å². The number of carbonyl (C=O) groups is 1. The number of pyridine rings is 1. The van der Waals surface area contributed by atoms with Gasteiger partial charge in [-0.2, -0.15) is 0 Å². The molecular weight excluding hydrogens is 272 g/mol. The molecule has 0 aliphatic heterocycles. The third-order valence-electron chi connectivity index (χ3n) is 3.34. The van der Waals surface area contributed by atoms with Crippen molar-refractivity contribution >= 4 is 5.97 Å². The van der Waals surface area contributed by atoms with Crippen molar-refractivity contribution in [2.45, 2.75) is 46.7 Å². The molecule has 118 valence electrons. The molecule has 0 radical (unpaired) electrons. The normalized spacial score (nSPS) is 11.0. The first-order valence-corrected chi connectivity index (χ1v) is 7.27. The van der Waals surface area contributed by atoms with Crippen LogP contribution < -0.4 is 5.43 Å². The monoisotopic (exact) mass is 296 g/mol. The van der Waals surface area contributed by atoms with Gasteiger partial charge in [0.25, 0.3) is 0 Å². The lowest BCUT2D eigenvalue weighted by Crippen LogP contribution is -2.29. The van der Waals surface area contributed by atoms with Gasteiger partial charge in [-0.15, -0.1) is 0 Å². The standard InChI is InChI=1S/C15H24N2O4/c1-4-6-16(7-5-2)9-12-15(21)13(18)8-11(3)17(12)10-14(19)20/h8,21H,4-7,9-10H2,1-3H3,(H,19,20). The minimum Gasteiger partial charge on any atom is -0.503 e. The van der Waals surface area contributed by atoms with Crippen LogP contribution >= 0.6 is 0 Å². The van der Waals surface area contributed by atoms with E-state index in [0.717, 1.165) is 25.9 Å². The molecule has 0 atom stereocenters. The number of carboxylic acids is 1. The molecule has 0 saturated heterocycles. The topological polar surface area (TPSA) is 82.8 Å². The molecule has 0 bridgehead atoms. The van der Waals surface area contributed by atoms with E-state index >= 15 is 0 Å². The molecule has 0 aromatic carbocycles. The number of aryl methyl sites for hydroxylation is 1. The highest BCUT2D eigenvalue weighted by molar-refractivity contribution is 5.67. The lowest BCUT2D eigenvalue weighted by atomic mass is 10.2. The molecule has 0 fully saturated rings. The fourth-order valence-electron chi connectivity index (χ4n) is 2.45. The van der Waals surface area contributed by atoms with E-state index in [1.807, 2.05) is 0 Å². The second kappa shape index (κ2) is 7.83. The Hall–Kier alpha value is -1.82. The summed E-state index contributed by atoms with van der Waals surface area (Å²) >= 11 is 0. The summed E-state index contributed by atoms with van der Waals surface area (Å²) in [5.41, 5.74) is 0.463. The van der Waals surface area contributed by atoms with Gasteiger partial charge >= 0.3 is 5.97 Å². The van der Waals surface area contributed by atoms with Crippen LogP contribution in [0.4, 0.5) is 0 Å².